The van der Waals surface area contributed by atoms with Crippen molar-refractivity contribution in [3.63, 3.8) is 0 Å². The van der Waals surface area contributed by atoms with E-state index in [0.717, 1.165) is 37.6 Å². The Hall–Kier alpha value is -0.670. The van der Waals surface area contributed by atoms with E-state index in [4.69, 9.17) is 9.47 Å². The molecule has 0 spiro atoms. The lowest BCUT2D eigenvalue weighted by Gasteiger charge is -2.07. The van der Waals surface area contributed by atoms with Gasteiger partial charge in [0.05, 0.1) is 13.2 Å². The number of rotatable bonds is 9. The third-order valence-electron chi connectivity index (χ3n) is 2.59. The minimum Gasteiger partial charge on any atom is -0.494 e. The molecule has 0 aliphatic heterocycles. The van der Waals surface area contributed by atoms with Crippen molar-refractivity contribution < 1.29 is 9.47 Å². The van der Waals surface area contributed by atoms with Crippen LogP contribution in [-0.4, -0.2) is 26.1 Å². The highest BCUT2D eigenvalue weighted by atomic mass is 32.1. The summed E-state index contributed by atoms with van der Waals surface area (Å²) in [5.74, 6) is 1.92. The molecule has 0 bridgehead atoms. The lowest BCUT2D eigenvalue weighted by atomic mass is 10.1. The molecule has 2 nitrogen and oxygen atoms in total. The van der Waals surface area contributed by atoms with E-state index in [-0.39, 0.29) is 0 Å². The molecule has 1 aromatic carbocycles. The Morgan fingerprint density at radius 3 is 2.41 bits per heavy atom. The van der Waals surface area contributed by atoms with E-state index in [2.05, 4.69) is 24.8 Å². The van der Waals surface area contributed by atoms with Crippen molar-refractivity contribution in [1.82, 2.24) is 0 Å². The fraction of sp³-hybridized carbons (Fsp3) is 0.571. The molecule has 0 aliphatic rings. The highest BCUT2D eigenvalue weighted by Crippen LogP contribution is 2.13. The first kappa shape index (κ1) is 14.4. The van der Waals surface area contributed by atoms with E-state index in [1.54, 1.807) is 7.11 Å². The van der Waals surface area contributed by atoms with Crippen molar-refractivity contribution in [3.8, 4) is 5.75 Å². The average molecular weight is 254 g/mol. The Labute approximate surface area is 110 Å². The van der Waals surface area contributed by atoms with E-state index < -0.39 is 0 Å². The molecule has 0 saturated carbocycles. The van der Waals surface area contributed by atoms with Crippen LogP contribution in [0.3, 0.4) is 0 Å². The van der Waals surface area contributed by atoms with Crippen LogP contribution in [0.25, 0.3) is 0 Å². The molecule has 0 heterocycles. The highest BCUT2D eigenvalue weighted by Gasteiger charge is 1.96. The van der Waals surface area contributed by atoms with Crippen LogP contribution in [0.1, 0.15) is 24.8 Å². The number of hydrogen-bond donors (Lipinski definition) is 1. The van der Waals surface area contributed by atoms with Crippen LogP contribution in [0, 0.1) is 0 Å². The molecule has 1 aromatic rings. The summed E-state index contributed by atoms with van der Waals surface area (Å²) in [6, 6.07) is 8.26. The molecule has 17 heavy (non-hydrogen) atoms. The largest absolute Gasteiger partial charge is 0.494 e. The predicted molar refractivity (Wildman–Crippen MR) is 75.2 cm³/mol. The van der Waals surface area contributed by atoms with Crippen LogP contribution in [0.5, 0.6) is 5.75 Å². The summed E-state index contributed by atoms with van der Waals surface area (Å²) in [5, 5.41) is 0. The number of hydrogen-bond acceptors (Lipinski definition) is 3. The molecule has 0 aromatic heterocycles. The molecule has 0 saturated heterocycles. The number of unbranched alkanes of at least 4 members (excludes halogenated alkanes) is 2. The summed E-state index contributed by atoms with van der Waals surface area (Å²) in [5.41, 5.74) is 1.29. The number of methoxy groups -OCH3 is 1. The summed E-state index contributed by atoms with van der Waals surface area (Å²) in [6.45, 7) is 1.56. The molecule has 0 radical (unpaired) electrons. The molecular weight excluding hydrogens is 232 g/mol. The van der Waals surface area contributed by atoms with Crippen molar-refractivity contribution in [2.75, 3.05) is 26.1 Å². The van der Waals surface area contributed by atoms with E-state index in [9.17, 15) is 0 Å². The van der Waals surface area contributed by atoms with Gasteiger partial charge in [0.25, 0.3) is 0 Å². The van der Waals surface area contributed by atoms with Gasteiger partial charge in [0.15, 0.2) is 0 Å². The van der Waals surface area contributed by atoms with Crippen LogP contribution < -0.4 is 4.74 Å². The van der Waals surface area contributed by atoms with Crippen molar-refractivity contribution in [2.24, 2.45) is 0 Å². The SMILES string of the molecule is COCCc1ccc(OCCCCCS)cc1. The predicted octanol–water partition coefficient (Wildman–Crippen LogP) is 3.35. The van der Waals surface area contributed by atoms with Gasteiger partial charge < -0.3 is 9.47 Å². The van der Waals surface area contributed by atoms with Gasteiger partial charge in [-0.3, -0.25) is 0 Å². The monoisotopic (exact) mass is 254 g/mol. The zero-order chi connectivity index (χ0) is 12.3. The van der Waals surface area contributed by atoms with Crippen molar-refractivity contribution in [3.05, 3.63) is 29.8 Å². The molecule has 3 heteroatoms. The smallest absolute Gasteiger partial charge is 0.119 e. The quantitative estimate of drug-likeness (QED) is 0.538. The van der Waals surface area contributed by atoms with Crippen LogP contribution in [0.4, 0.5) is 0 Å². The molecule has 96 valence electrons. The minimum atomic E-state index is 0.768. The third-order valence-corrected chi connectivity index (χ3v) is 2.91. The van der Waals surface area contributed by atoms with Gasteiger partial charge in [-0.15, -0.1) is 0 Å². The van der Waals surface area contributed by atoms with Crippen molar-refractivity contribution in [2.45, 2.75) is 25.7 Å². The van der Waals surface area contributed by atoms with E-state index in [1.165, 1.54) is 18.4 Å². The Morgan fingerprint density at radius 2 is 1.76 bits per heavy atom. The van der Waals surface area contributed by atoms with E-state index in [1.807, 2.05) is 12.1 Å². The fourth-order valence-electron chi connectivity index (χ4n) is 1.55. The molecular formula is C14H22O2S. The summed E-state index contributed by atoms with van der Waals surface area (Å²) in [6.07, 6.45) is 4.42. The van der Waals surface area contributed by atoms with Crippen LogP contribution in [-0.2, 0) is 11.2 Å². The summed E-state index contributed by atoms with van der Waals surface area (Å²) < 4.78 is 10.7. The third kappa shape index (κ3) is 6.59. The zero-order valence-electron chi connectivity index (χ0n) is 10.5. The normalized spacial score (nSPS) is 10.5. The fourth-order valence-corrected chi connectivity index (χ4v) is 1.78. The topological polar surface area (TPSA) is 18.5 Å². The summed E-state index contributed by atoms with van der Waals surface area (Å²) in [4.78, 5) is 0. The molecule has 0 atom stereocenters. The Morgan fingerprint density at radius 1 is 1.00 bits per heavy atom. The van der Waals surface area contributed by atoms with Gasteiger partial charge in [0.2, 0.25) is 0 Å². The molecule has 0 fully saturated rings. The Kier molecular flexibility index (Phi) is 7.93. The average Bonchev–Trinajstić information content (AvgIpc) is 2.37. The van der Waals surface area contributed by atoms with Gasteiger partial charge in [-0.25, -0.2) is 0 Å². The second kappa shape index (κ2) is 9.37. The van der Waals surface area contributed by atoms with Gasteiger partial charge in [0.1, 0.15) is 5.75 Å². The van der Waals surface area contributed by atoms with E-state index >= 15 is 0 Å². The molecule has 0 unspecified atom stereocenters. The Balaban J connectivity index is 2.20. The highest BCUT2D eigenvalue weighted by molar-refractivity contribution is 7.80. The minimum absolute atomic E-state index is 0.768. The van der Waals surface area contributed by atoms with Crippen LogP contribution in [0.15, 0.2) is 24.3 Å². The number of thiol groups is 1. The first-order valence-electron chi connectivity index (χ1n) is 6.18. The van der Waals surface area contributed by atoms with Gasteiger partial charge in [-0.1, -0.05) is 12.1 Å². The zero-order valence-corrected chi connectivity index (χ0v) is 11.4. The Bertz CT molecular complexity index is 285. The van der Waals surface area contributed by atoms with Crippen molar-refractivity contribution in [1.29, 1.82) is 0 Å². The maximum atomic E-state index is 5.66. The van der Waals surface area contributed by atoms with Crippen LogP contribution >= 0.6 is 12.6 Å². The van der Waals surface area contributed by atoms with Gasteiger partial charge >= 0.3 is 0 Å². The summed E-state index contributed by atoms with van der Waals surface area (Å²) in [7, 11) is 1.72. The molecule has 0 amide bonds. The molecule has 0 aliphatic carbocycles. The van der Waals surface area contributed by atoms with Gasteiger partial charge in [-0.05, 0) is 49.1 Å². The first-order chi connectivity index (χ1) is 8.36. The van der Waals surface area contributed by atoms with Crippen molar-refractivity contribution >= 4 is 12.6 Å². The maximum Gasteiger partial charge on any atom is 0.119 e. The summed E-state index contributed by atoms with van der Waals surface area (Å²) >= 11 is 4.18. The standard InChI is InChI=1S/C14H22O2S/c1-15-11-9-13-5-7-14(8-6-13)16-10-3-2-4-12-17/h5-8,17H,2-4,9-12H2,1H3. The lowest BCUT2D eigenvalue weighted by molar-refractivity contribution is 0.202. The second-order valence-corrected chi connectivity index (χ2v) is 4.47. The lowest BCUT2D eigenvalue weighted by Crippen LogP contribution is -1.98. The number of ether oxygens (including phenoxy) is 2. The van der Waals surface area contributed by atoms with Crippen LogP contribution in [0.2, 0.25) is 0 Å². The molecule has 1 rings (SSSR count). The van der Waals surface area contributed by atoms with E-state index in [0.29, 0.717) is 0 Å². The molecule has 0 N–H and O–H groups in total. The maximum absolute atomic E-state index is 5.66. The number of benzene rings is 1. The second-order valence-electron chi connectivity index (χ2n) is 4.02. The first-order valence-corrected chi connectivity index (χ1v) is 6.81. The van der Waals surface area contributed by atoms with Gasteiger partial charge in [0, 0.05) is 7.11 Å². The van der Waals surface area contributed by atoms with Gasteiger partial charge in [-0.2, -0.15) is 12.6 Å².